The Labute approximate surface area is 176 Å². The second-order valence-corrected chi connectivity index (χ2v) is 7.04. The van der Waals surface area contributed by atoms with Crippen LogP contribution in [0.3, 0.4) is 0 Å². The minimum Gasteiger partial charge on any atom is -0.508 e. The van der Waals surface area contributed by atoms with E-state index in [1.807, 2.05) is 30.3 Å². The summed E-state index contributed by atoms with van der Waals surface area (Å²) in [6.07, 6.45) is -0.466. The fourth-order valence-electron chi connectivity index (χ4n) is 3.35. The lowest BCUT2D eigenvalue weighted by atomic mass is 10.00. The smallest absolute Gasteiger partial charge is 0.307 e. The first kappa shape index (κ1) is 21.5. The number of hydrogen-bond donors (Lipinski definition) is 4. The van der Waals surface area contributed by atoms with E-state index >= 15 is 0 Å². The average molecular weight is 421 g/mol. The Morgan fingerprint density at radius 1 is 0.903 bits per heavy atom. The number of carbonyl (C=O) groups excluding carboxylic acids is 2. The second kappa shape index (κ2) is 8.66. The molecule has 0 saturated heterocycles. The Morgan fingerprint density at radius 2 is 1.55 bits per heavy atom. The van der Waals surface area contributed by atoms with Gasteiger partial charge < -0.3 is 20.6 Å². The quantitative estimate of drug-likeness (QED) is 0.475. The van der Waals surface area contributed by atoms with E-state index in [0.29, 0.717) is 27.9 Å². The van der Waals surface area contributed by atoms with Gasteiger partial charge in [-0.1, -0.05) is 36.4 Å². The van der Waals surface area contributed by atoms with Crippen molar-refractivity contribution in [3.8, 4) is 5.75 Å². The zero-order valence-corrected chi connectivity index (χ0v) is 16.5. The van der Waals surface area contributed by atoms with Crippen LogP contribution in [0.2, 0.25) is 0 Å². The second-order valence-electron chi connectivity index (χ2n) is 7.04. The summed E-state index contributed by atoms with van der Waals surface area (Å²) in [6.45, 7) is 1.68. The number of hydrogen-bond acceptors (Lipinski definition) is 5. The number of phenols is 1. The number of aryl methyl sites for hydroxylation is 1. The highest BCUT2D eigenvalue weighted by atomic mass is 16.4. The van der Waals surface area contributed by atoms with Gasteiger partial charge in [0.25, 0.3) is 11.7 Å². The van der Waals surface area contributed by atoms with Crippen LogP contribution in [-0.4, -0.2) is 38.9 Å². The maximum atomic E-state index is 11.4. The fraction of sp³-hybridized carbons (Fsp3) is 0.130. The van der Waals surface area contributed by atoms with Gasteiger partial charge in [-0.25, -0.2) is 0 Å². The molecule has 1 heterocycles. The van der Waals surface area contributed by atoms with E-state index in [1.54, 1.807) is 13.0 Å². The molecular weight excluding hydrogens is 402 g/mol. The third kappa shape index (κ3) is 4.69. The zero-order valence-electron chi connectivity index (χ0n) is 16.5. The molecule has 0 radical (unpaired) electrons. The Bertz CT molecular complexity index is 1190. The summed E-state index contributed by atoms with van der Waals surface area (Å²) in [5, 5.41) is 31.3. The van der Waals surface area contributed by atoms with E-state index in [4.69, 9.17) is 10.2 Å². The summed E-state index contributed by atoms with van der Waals surface area (Å²) in [4.78, 5) is 43.7. The molecule has 8 nitrogen and oxygen atoms in total. The van der Waals surface area contributed by atoms with Crippen molar-refractivity contribution in [2.75, 3.05) is 5.32 Å². The SMILES string of the molecule is Cc1cc(CC(=O)O)c(O)cc1CC(=O)O.O=C1Nc2c(ccc3ccccc23)C1=O. The molecule has 4 rings (SSSR count). The van der Waals surface area contributed by atoms with Gasteiger partial charge in [-0.2, -0.15) is 0 Å². The van der Waals surface area contributed by atoms with Crippen LogP contribution < -0.4 is 5.32 Å². The zero-order chi connectivity index (χ0) is 22.7. The van der Waals surface area contributed by atoms with Gasteiger partial charge in [0.1, 0.15) is 5.75 Å². The van der Waals surface area contributed by atoms with E-state index in [-0.39, 0.29) is 18.6 Å². The van der Waals surface area contributed by atoms with Crippen molar-refractivity contribution in [3.63, 3.8) is 0 Å². The van der Waals surface area contributed by atoms with Crippen LogP contribution >= 0.6 is 0 Å². The number of carboxylic acid groups (broad SMARTS) is 2. The van der Waals surface area contributed by atoms with Crippen molar-refractivity contribution in [1.82, 2.24) is 0 Å². The molecular formula is C23H19NO7. The molecule has 1 aliphatic rings. The first-order valence-electron chi connectivity index (χ1n) is 9.29. The van der Waals surface area contributed by atoms with Gasteiger partial charge in [0.15, 0.2) is 0 Å². The summed E-state index contributed by atoms with van der Waals surface area (Å²) in [5.74, 6) is -3.20. The number of benzene rings is 3. The lowest BCUT2D eigenvalue weighted by molar-refractivity contribution is -0.137. The van der Waals surface area contributed by atoms with Gasteiger partial charge in [-0.15, -0.1) is 0 Å². The predicted octanol–water partition coefficient (Wildman–Crippen LogP) is 2.93. The highest BCUT2D eigenvalue weighted by molar-refractivity contribution is 6.52. The van der Waals surface area contributed by atoms with Gasteiger partial charge in [-0.05, 0) is 35.6 Å². The Morgan fingerprint density at radius 3 is 2.23 bits per heavy atom. The van der Waals surface area contributed by atoms with E-state index in [0.717, 1.165) is 10.8 Å². The average Bonchev–Trinajstić information content (AvgIpc) is 3.00. The number of amides is 1. The first-order chi connectivity index (χ1) is 14.7. The lowest BCUT2D eigenvalue weighted by Crippen LogP contribution is -2.12. The number of aromatic hydroxyl groups is 1. The van der Waals surface area contributed by atoms with E-state index in [1.165, 1.54) is 12.1 Å². The van der Waals surface area contributed by atoms with Gasteiger partial charge >= 0.3 is 11.9 Å². The number of fused-ring (bicyclic) bond motifs is 3. The topological polar surface area (TPSA) is 141 Å². The van der Waals surface area contributed by atoms with Crippen molar-refractivity contribution in [2.24, 2.45) is 0 Å². The Kier molecular flexibility index (Phi) is 6.01. The maximum Gasteiger partial charge on any atom is 0.307 e. The number of Topliss-reactive ketones (excluding diaryl/α,β-unsaturated/α-hetero) is 1. The van der Waals surface area contributed by atoms with Crippen LogP contribution in [-0.2, 0) is 27.2 Å². The number of anilines is 1. The summed E-state index contributed by atoms with van der Waals surface area (Å²) in [6, 6.07) is 14.0. The number of ketones is 1. The molecule has 0 atom stereocenters. The maximum absolute atomic E-state index is 11.4. The first-order valence-corrected chi connectivity index (χ1v) is 9.29. The largest absolute Gasteiger partial charge is 0.508 e. The fourth-order valence-corrected chi connectivity index (χ4v) is 3.35. The molecule has 3 aromatic carbocycles. The molecule has 0 spiro atoms. The van der Waals surface area contributed by atoms with Gasteiger partial charge in [-0.3, -0.25) is 19.2 Å². The van der Waals surface area contributed by atoms with Gasteiger partial charge in [0.2, 0.25) is 0 Å². The molecule has 0 fully saturated rings. The number of aliphatic carboxylic acids is 2. The van der Waals surface area contributed by atoms with Crippen molar-refractivity contribution in [3.05, 3.63) is 70.8 Å². The summed E-state index contributed by atoms with van der Waals surface area (Å²) in [5.41, 5.74) is 2.55. The molecule has 0 unspecified atom stereocenters. The third-order valence-electron chi connectivity index (χ3n) is 4.84. The van der Waals surface area contributed by atoms with Crippen LogP contribution in [0.15, 0.2) is 48.5 Å². The molecule has 0 aromatic heterocycles. The summed E-state index contributed by atoms with van der Waals surface area (Å²) in [7, 11) is 0. The van der Waals surface area contributed by atoms with Crippen LogP contribution in [0.4, 0.5) is 5.69 Å². The predicted molar refractivity (Wildman–Crippen MR) is 112 cm³/mol. The summed E-state index contributed by atoms with van der Waals surface area (Å²) < 4.78 is 0. The van der Waals surface area contributed by atoms with Crippen molar-refractivity contribution in [1.29, 1.82) is 0 Å². The standard InChI is InChI=1S/C12H7NO2.C11H12O5/c14-11-9-6-5-7-3-1-2-4-8(7)10(9)13-12(11)15;1-6-2-8(5-11(15)16)9(12)3-7(6)4-10(13)14/h1-6H,(H,13,14,15);2-3,12H,4-5H2,1H3,(H,13,14)(H,15,16). The van der Waals surface area contributed by atoms with Crippen LogP contribution in [0, 0.1) is 6.92 Å². The normalized spacial score (nSPS) is 12.0. The highest BCUT2D eigenvalue weighted by Crippen LogP contribution is 2.31. The van der Waals surface area contributed by atoms with Crippen LogP contribution in [0.5, 0.6) is 5.75 Å². The molecule has 4 N–H and O–H groups in total. The molecule has 0 saturated carbocycles. The Balaban J connectivity index is 0.000000176. The van der Waals surface area contributed by atoms with Crippen molar-refractivity contribution in [2.45, 2.75) is 19.8 Å². The monoisotopic (exact) mass is 421 g/mol. The number of nitrogens with one attached hydrogen (secondary N) is 1. The highest BCUT2D eigenvalue weighted by Gasteiger charge is 2.28. The number of phenolic OH excluding ortho intramolecular Hbond substituents is 1. The third-order valence-corrected chi connectivity index (χ3v) is 4.84. The number of carboxylic acids is 2. The molecule has 0 aliphatic carbocycles. The minimum atomic E-state index is -1.04. The minimum absolute atomic E-state index is 0.177. The molecule has 1 amide bonds. The molecule has 31 heavy (non-hydrogen) atoms. The van der Waals surface area contributed by atoms with Crippen LogP contribution in [0.1, 0.15) is 27.0 Å². The number of carbonyl (C=O) groups is 4. The molecule has 1 aliphatic heterocycles. The lowest BCUT2D eigenvalue weighted by Gasteiger charge is -2.08. The van der Waals surface area contributed by atoms with E-state index < -0.39 is 23.6 Å². The number of rotatable bonds is 4. The Hall–Kier alpha value is -4.20. The van der Waals surface area contributed by atoms with Gasteiger partial charge in [0.05, 0.1) is 24.1 Å². The van der Waals surface area contributed by atoms with E-state index in [9.17, 15) is 24.3 Å². The van der Waals surface area contributed by atoms with Crippen molar-refractivity contribution < 1.29 is 34.5 Å². The van der Waals surface area contributed by atoms with Crippen LogP contribution in [0.25, 0.3) is 10.8 Å². The molecule has 0 bridgehead atoms. The molecule has 3 aromatic rings. The van der Waals surface area contributed by atoms with Crippen molar-refractivity contribution >= 4 is 40.1 Å². The summed E-state index contributed by atoms with van der Waals surface area (Å²) >= 11 is 0. The van der Waals surface area contributed by atoms with Gasteiger partial charge in [0, 0.05) is 10.9 Å². The molecule has 8 heteroatoms. The molecule has 158 valence electrons. The van der Waals surface area contributed by atoms with E-state index in [2.05, 4.69) is 5.32 Å².